The Morgan fingerprint density at radius 1 is 1.24 bits per heavy atom. The van der Waals surface area contributed by atoms with Gasteiger partial charge in [0, 0.05) is 44.4 Å². The average Bonchev–Trinajstić information content (AvgIpc) is 3.35. The van der Waals surface area contributed by atoms with Crippen LogP contribution in [0.15, 0.2) is 30.3 Å². The summed E-state index contributed by atoms with van der Waals surface area (Å²) in [4.78, 5) is 20.8. The summed E-state index contributed by atoms with van der Waals surface area (Å²) >= 11 is 0. The van der Waals surface area contributed by atoms with Gasteiger partial charge in [0.25, 0.3) is 0 Å². The first-order chi connectivity index (χ1) is 18.1. The topological polar surface area (TPSA) is 107 Å². The number of benzene rings is 1. The molecule has 2 atom stereocenters. The number of aliphatic hydroxyl groups excluding tert-OH is 2. The maximum Gasteiger partial charge on any atom is 0.389 e. The van der Waals surface area contributed by atoms with Crippen molar-refractivity contribution in [3.8, 4) is 17.0 Å². The number of morpholine rings is 1. The Labute approximate surface area is 219 Å². The van der Waals surface area contributed by atoms with E-state index in [2.05, 4.69) is 15.2 Å². The average molecular weight is 539 g/mol. The number of aliphatic hydroxyl groups is 2. The molecule has 2 fully saturated rings. The van der Waals surface area contributed by atoms with E-state index in [1.165, 1.54) is 4.90 Å². The summed E-state index contributed by atoms with van der Waals surface area (Å²) in [5, 5.41) is 21.7. The van der Waals surface area contributed by atoms with Crippen LogP contribution in [0.5, 0.6) is 5.88 Å². The highest BCUT2D eigenvalue weighted by Gasteiger charge is 2.36. The first-order valence-electron chi connectivity index (χ1n) is 12.6. The van der Waals surface area contributed by atoms with Crippen LogP contribution in [0.4, 0.5) is 29.5 Å². The number of amides is 2. The van der Waals surface area contributed by atoms with E-state index in [-0.39, 0.29) is 25.6 Å². The largest absolute Gasteiger partial charge is 0.475 e. The number of rotatable bonds is 8. The van der Waals surface area contributed by atoms with Gasteiger partial charge in [-0.25, -0.2) is 4.79 Å². The van der Waals surface area contributed by atoms with Crippen LogP contribution in [0.3, 0.4) is 0 Å². The fourth-order valence-corrected chi connectivity index (χ4v) is 4.63. The van der Waals surface area contributed by atoms with Crippen molar-refractivity contribution < 1.29 is 37.7 Å². The molecule has 1 aromatic carbocycles. The van der Waals surface area contributed by atoms with Crippen LogP contribution < -0.4 is 15.0 Å². The van der Waals surface area contributed by atoms with E-state index < -0.39 is 37.3 Å². The van der Waals surface area contributed by atoms with E-state index in [9.17, 15) is 23.1 Å². The smallest absolute Gasteiger partial charge is 0.389 e. The normalized spacial score (nSPS) is 18.9. The molecule has 2 aromatic rings. The lowest BCUT2D eigenvalue weighted by atomic mass is 10.0. The molecule has 0 bridgehead atoms. The van der Waals surface area contributed by atoms with E-state index in [1.807, 2.05) is 19.1 Å². The van der Waals surface area contributed by atoms with Crippen molar-refractivity contribution in [2.45, 2.75) is 32.0 Å². The standard InChI is InChI=1S/C26H33F3N4O5/c1-17-2-3-20(30-25(36)33-5-4-18(14-33)13-26(27,28)29)12-22(17)19-10-23(32-6-8-37-9-7-32)31-24(11-19)38-16-21(35)15-34/h2-3,10-12,18,21,34-35H,4-9,13-16H2,1H3,(H,30,36)/t18?,21-/m1/s1. The maximum atomic E-state index is 12.8. The van der Waals surface area contributed by atoms with Crippen molar-refractivity contribution >= 4 is 17.5 Å². The van der Waals surface area contributed by atoms with Crippen LogP contribution in [0.1, 0.15) is 18.4 Å². The number of ether oxygens (including phenoxy) is 2. The third-order valence-electron chi connectivity index (χ3n) is 6.65. The number of hydrogen-bond acceptors (Lipinski definition) is 7. The van der Waals surface area contributed by atoms with E-state index in [0.29, 0.717) is 44.2 Å². The second kappa shape index (κ2) is 12.2. The second-order valence-corrected chi connectivity index (χ2v) is 9.68. The highest BCUT2D eigenvalue weighted by atomic mass is 19.4. The van der Waals surface area contributed by atoms with E-state index >= 15 is 0 Å². The van der Waals surface area contributed by atoms with E-state index in [4.69, 9.17) is 14.6 Å². The summed E-state index contributed by atoms with van der Waals surface area (Å²) < 4.78 is 49.3. The number of nitrogens with zero attached hydrogens (tertiary/aromatic N) is 3. The number of likely N-dealkylation sites (tertiary alicyclic amines) is 1. The number of alkyl halides is 3. The number of aryl methyl sites for hydroxylation is 1. The highest BCUT2D eigenvalue weighted by Crippen LogP contribution is 2.33. The van der Waals surface area contributed by atoms with Gasteiger partial charge in [0.15, 0.2) is 0 Å². The number of aromatic nitrogens is 1. The lowest BCUT2D eigenvalue weighted by Crippen LogP contribution is -2.36. The molecule has 3 heterocycles. The molecule has 9 nitrogen and oxygen atoms in total. The Morgan fingerprint density at radius 3 is 2.71 bits per heavy atom. The molecule has 1 unspecified atom stereocenters. The highest BCUT2D eigenvalue weighted by molar-refractivity contribution is 5.90. The predicted octanol–water partition coefficient (Wildman–Crippen LogP) is 3.43. The Kier molecular flexibility index (Phi) is 8.95. The number of halogens is 3. The van der Waals surface area contributed by atoms with Crippen molar-refractivity contribution in [3.05, 3.63) is 35.9 Å². The zero-order valence-electron chi connectivity index (χ0n) is 21.2. The van der Waals surface area contributed by atoms with Gasteiger partial charge in [0.1, 0.15) is 18.5 Å². The van der Waals surface area contributed by atoms with Crippen LogP contribution in [0.25, 0.3) is 11.1 Å². The summed E-state index contributed by atoms with van der Waals surface area (Å²) in [7, 11) is 0. The van der Waals surface area contributed by atoms with Crippen LogP contribution in [-0.2, 0) is 4.74 Å². The molecule has 4 rings (SSSR count). The minimum atomic E-state index is -4.24. The van der Waals surface area contributed by atoms with Gasteiger partial charge in [0.05, 0.1) is 19.8 Å². The third kappa shape index (κ3) is 7.49. The molecule has 3 N–H and O–H groups in total. The molecule has 1 aromatic heterocycles. The number of carbonyl (C=O) groups excluding carboxylic acids is 1. The molecular formula is C26H33F3N4O5. The minimum absolute atomic E-state index is 0.0672. The molecule has 2 amide bonds. The fraction of sp³-hybridized carbons (Fsp3) is 0.538. The first-order valence-corrected chi connectivity index (χ1v) is 12.6. The van der Waals surface area contributed by atoms with Gasteiger partial charge in [0.2, 0.25) is 5.88 Å². The van der Waals surface area contributed by atoms with Gasteiger partial charge in [-0.2, -0.15) is 18.2 Å². The zero-order chi connectivity index (χ0) is 27.3. The molecule has 0 spiro atoms. The van der Waals surface area contributed by atoms with Crippen molar-refractivity contribution in [2.24, 2.45) is 5.92 Å². The Morgan fingerprint density at radius 2 is 2.00 bits per heavy atom. The Balaban J connectivity index is 1.54. The molecule has 0 radical (unpaired) electrons. The number of urea groups is 1. The van der Waals surface area contributed by atoms with Crippen molar-refractivity contribution in [1.29, 1.82) is 0 Å². The number of hydrogen-bond donors (Lipinski definition) is 3. The van der Waals surface area contributed by atoms with Gasteiger partial charge < -0.3 is 34.8 Å². The lowest BCUT2D eigenvalue weighted by Gasteiger charge is -2.28. The van der Waals surface area contributed by atoms with Crippen molar-refractivity contribution in [1.82, 2.24) is 9.88 Å². The predicted molar refractivity (Wildman–Crippen MR) is 135 cm³/mol. The van der Waals surface area contributed by atoms with E-state index in [1.54, 1.807) is 18.2 Å². The quantitative estimate of drug-likeness (QED) is 0.473. The first kappa shape index (κ1) is 27.9. The van der Waals surface area contributed by atoms with Crippen LogP contribution >= 0.6 is 0 Å². The number of anilines is 2. The SMILES string of the molecule is Cc1ccc(NC(=O)N2CCC(CC(F)(F)F)C2)cc1-c1cc(OC[C@H](O)CO)nc(N2CCOCC2)c1. The minimum Gasteiger partial charge on any atom is -0.475 e. The fourth-order valence-electron chi connectivity index (χ4n) is 4.63. The summed E-state index contributed by atoms with van der Waals surface area (Å²) in [6, 6.07) is 8.61. The summed E-state index contributed by atoms with van der Waals surface area (Å²) in [5.41, 5.74) is 3.02. The number of pyridine rings is 1. The molecule has 2 aliphatic rings. The van der Waals surface area contributed by atoms with Gasteiger partial charge in [-0.05, 0) is 54.2 Å². The van der Waals surface area contributed by atoms with Crippen LogP contribution in [-0.4, -0.2) is 91.0 Å². The molecule has 0 saturated carbocycles. The monoisotopic (exact) mass is 538 g/mol. The number of carbonyl (C=O) groups is 1. The van der Waals surface area contributed by atoms with Crippen molar-refractivity contribution in [2.75, 3.05) is 62.8 Å². The van der Waals surface area contributed by atoms with Crippen LogP contribution in [0.2, 0.25) is 0 Å². The molecule has 2 aliphatic heterocycles. The molecule has 38 heavy (non-hydrogen) atoms. The third-order valence-corrected chi connectivity index (χ3v) is 6.65. The lowest BCUT2D eigenvalue weighted by molar-refractivity contribution is -0.143. The van der Waals surface area contributed by atoms with Gasteiger partial charge in [-0.15, -0.1) is 0 Å². The molecule has 0 aliphatic carbocycles. The maximum absolute atomic E-state index is 12.8. The van der Waals surface area contributed by atoms with Gasteiger partial charge in [-0.3, -0.25) is 0 Å². The zero-order valence-corrected chi connectivity index (χ0v) is 21.2. The van der Waals surface area contributed by atoms with E-state index in [0.717, 1.165) is 16.7 Å². The summed E-state index contributed by atoms with van der Waals surface area (Å²) in [6.07, 6.45) is -5.86. The Bertz CT molecular complexity index is 1110. The molecular weight excluding hydrogens is 505 g/mol. The number of nitrogens with one attached hydrogen (secondary N) is 1. The van der Waals surface area contributed by atoms with Gasteiger partial charge >= 0.3 is 12.2 Å². The Hall–Kier alpha value is -3.09. The van der Waals surface area contributed by atoms with Crippen LogP contribution in [0, 0.1) is 12.8 Å². The second-order valence-electron chi connectivity index (χ2n) is 9.68. The van der Waals surface area contributed by atoms with Gasteiger partial charge in [-0.1, -0.05) is 6.07 Å². The van der Waals surface area contributed by atoms with Crippen molar-refractivity contribution in [3.63, 3.8) is 0 Å². The molecule has 12 heteroatoms. The summed E-state index contributed by atoms with van der Waals surface area (Å²) in [6.45, 7) is 4.12. The molecule has 208 valence electrons. The molecule has 2 saturated heterocycles. The summed E-state index contributed by atoms with van der Waals surface area (Å²) in [5.74, 6) is 0.353.